The van der Waals surface area contributed by atoms with Gasteiger partial charge >= 0.3 is 12.4 Å². The van der Waals surface area contributed by atoms with Crippen LogP contribution >= 0.6 is 23.2 Å². The molecule has 0 aliphatic heterocycles. The molecule has 1 atom stereocenters. The maximum Gasteiger partial charge on any atom is 0.416 e. The standard InChI is InChI=1S/C21H19Cl2F6NO2/c1-30(11-12-6-15(20(24,25)26)10-16(7-12)21(27,28)29)19(32)9-14(4-5-31)13-2-3-17(22)18(23)8-13/h2-3,6-8,10,14,31H,4-5,9,11H2,1H3. The highest BCUT2D eigenvalue weighted by molar-refractivity contribution is 6.42. The summed E-state index contributed by atoms with van der Waals surface area (Å²) in [7, 11) is 1.28. The number of halogens is 8. The van der Waals surface area contributed by atoms with Crippen molar-refractivity contribution in [3.8, 4) is 0 Å². The van der Waals surface area contributed by atoms with E-state index in [4.69, 9.17) is 23.2 Å². The van der Waals surface area contributed by atoms with Crippen LogP contribution in [-0.2, 0) is 23.7 Å². The van der Waals surface area contributed by atoms with Crippen molar-refractivity contribution in [3.63, 3.8) is 0 Å². The second-order valence-corrected chi connectivity index (χ2v) is 8.07. The molecule has 0 radical (unpaired) electrons. The van der Waals surface area contributed by atoms with Gasteiger partial charge in [-0.15, -0.1) is 0 Å². The molecule has 0 aliphatic rings. The van der Waals surface area contributed by atoms with E-state index in [1.165, 1.54) is 13.1 Å². The number of nitrogens with zero attached hydrogens (tertiary/aromatic N) is 1. The van der Waals surface area contributed by atoms with E-state index in [9.17, 15) is 36.2 Å². The highest BCUT2D eigenvalue weighted by Gasteiger charge is 2.37. The minimum atomic E-state index is -4.97. The molecule has 0 aliphatic carbocycles. The number of hydrogen-bond acceptors (Lipinski definition) is 2. The van der Waals surface area contributed by atoms with Gasteiger partial charge in [-0.05, 0) is 53.8 Å². The maximum atomic E-state index is 13.0. The van der Waals surface area contributed by atoms with Gasteiger partial charge < -0.3 is 10.0 Å². The lowest BCUT2D eigenvalue weighted by atomic mass is 9.92. The molecular weight excluding hydrogens is 483 g/mol. The second kappa shape index (κ2) is 10.3. The molecule has 2 aromatic rings. The molecule has 0 fully saturated rings. The zero-order chi connectivity index (χ0) is 24.3. The third kappa shape index (κ3) is 7.02. The summed E-state index contributed by atoms with van der Waals surface area (Å²) in [6, 6.07) is 5.91. The predicted octanol–water partition coefficient (Wildman–Crippen LogP) is 6.55. The van der Waals surface area contributed by atoms with Crippen molar-refractivity contribution in [3.05, 3.63) is 68.7 Å². The summed E-state index contributed by atoms with van der Waals surface area (Å²) in [5.74, 6) is -1.00. The Balaban J connectivity index is 2.24. The fraction of sp³-hybridized carbons (Fsp3) is 0.381. The Morgan fingerprint density at radius 3 is 2.00 bits per heavy atom. The van der Waals surface area contributed by atoms with Crippen LogP contribution in [0.1, 0.15) is 41.0 Å². The number of rotatable bonds is 7. The molecule has 176 valence electrons. The first-order chi connectivity index (χ1) is 14.7. The molecule has 0 aromatic heterocycles. The Bertz CT molecular complexity index is 930. The van der Waals surface area contributed by atoms with Gasteiger partial charge in [0.25, 0.3) is 0 Å². The van der Waals surface area contributed by atoms with Crippen molar-refractivity contribution >= 4 is 29.1 Å². The molecule has 32 heavy (non-hydrogen) atoms. The second-order valence-electron chi connectivity index (χ2n) is 7.25. The predicted molar refractivity (Wildman–Crippen MR) is 108 cm³/mol. The van der Waals surface area contributed by atoms with E-state index >= 15 is 0 Å². The zero-order valence-electron chi connectivity index (χ0n) is 16.7. The van der Waals surface area contributed by atoms with Crippen LogP contribution in [0.2, 0.25) is 10.0 Å². The Morgan fingerprint density at radius 2 is 1.53 bits per heavy atom. The first-order valence-electron chi connectivity index (χ1n) is 9.30. The number of carbonyl (C=O) groups is 1. The van der Waals surface area contributed by atoms with Crippen molar-refractivity contribution in [1.82, 2.24) is 4.90 Å². The van der Waals surface area contributed by atoms with E-state index < -0.39 is 41.8 Å². The largest absolute Gasteiger partial charge is 0.416 e. The quantitative estimate of drug-likeness (QED) is 0.437. The van der Waals surface area contributed by atoms with Crippen LogP contribution in [0.4, 0.5) is 26.3 Å². The highest BCUT2D eigenvalue weighted by Crippen LogP contribution is 2.37. The van der Waals surface area contributed by atoms with Crippen LogP contribution in [0, 0.1) is 0 Å². The molecule has 0 heterocycles. The van der Waals surface area contributed by atoms with Crippen molar-refractivity contribution in [1.29, 1.82) is 0 Å². The summed E-state index contributed by atoms with van der Waals surface area (Å²) in [5, 5.41) is 9.87. The van der Waals surface area contributed by atoms with Gasteiger partial charge in [-0.3, -0.25) is 4.79 Å². The summed E-state index contributed by atoms with van der Waals surface area (Å²) in [4.78, 5) is 13.7. The van der Waals surface area contributed by atoms with Crippen LogP contribution in [0.5, 0.6) is 0 Å². The van der Waals surface area contributed by atoms with Crippen LogP contribution in [0.25, 0.3) is 0 Å². The summed E-state index contributed by atoms with van der Waals surface area (Å²) < 4.78 is 78.3. The minimum Gasteiger partial charge on any atom is -0.396 e. The summed E-state index contributed by atoms with van der Waals surface area (Å²) in [5.41, 5.74) is -2.58. The zero-order valence-corrected chi connectivity index (χ0v) is 18.2. The Labute approximate surface area is 190 Å². The molecular formula is C21H19Cl2F6NO2. The molecule has 11 heteroatoms. The lowest BCUT2D eigenvalue weighted by Gasteiger charge is -2.23. The van der Waals surface area contributed by atoms with Crippen molar-refractivity contribution in [2.45, 2.75) is 37.7 Å². The van der Waals surface area contributed by atoms with Gasteiger partial charge in [-0.2, -0.15) is 26.3 Å². The van der Waals surface area contributed by atoms with Gasteiger partial charge in [0.05, 0.1) is 21.2 Å². The van der Waals surface area contributed by atoms with E-state index in [-0.39, 0.29) is 36.1 Å². The lowest BCUT2D eigenvalue weighted by molar-refractivity contribution is -0.143. The van der Waals surface area contributed by atoms with Gasteiger partial charge in [0, 0.05) is 26.6 Å². The van der Waals surface area contributed by atoms with Crippen LogP contribution in [-0.4, -0.2) is 29.6 Å². The van der Waals surface area contributed by atoms with E-state index in [2.05, 4.69) is 0 Å². The van der Waals surface area contributed by atoms with Crippen molar-refractivity contribution in [2.24, 2.45) is 0 Å². The number of amides is 1. The van der Waals surface area contributed by atoms with E-state index in [1.807, 2.05) is 0 Å². The number of aliphatic hydroxyl groups excluding tert-OH is 1. The van der Waals surface area contributed by atoms with Crippen LogP contribution in [0.15, 0.2) is 36.4 Å². The van der Waals surface area contributed by atoms with Gasteiger partial charge in [0.15, 0.2) is 0 Å². The number of carbonyl (C=O) groups excluding carboxylic acids is 1. The first-order valence-corrected chi connectivity index (χ1v) is 10.1. The van der Waals surface area contributed by atoms with Gasteiger partial charge in [-0.25, -0.2) is 0 Å². The molecule has 0 saturated carbocycles. The van der Waals surface area contributed by atoms with E-state index in [1.54, 1.807) is 12.1 Å². The molecule has 1 amide bonds. The van der Waals surface area contributed by atoms with Gasteiger partial charge in [0.1, 0.15) is 0 Å². The average Bonchev–Trinajstić information content (AvgIpc) is 2.68. The first kappa shape index (κ1) is 26.3. The van der Waals surface area contributed by atoms with Gasteiger partial charge in [-0.1, -0.05) is 29.3 Å². The number of hydrogen-bond donors (Lipinski definition) is 1. The molecule has 0 saturated heterocycles. The minimum absolute atomic E-state index is 0.0346. The highest BCUT2D eigenvalue weighted by atomic mass is 35.5. The normalized spacial score (nSPS) is 13.2. The monoisotopic (exact) mass is 501 g/mol. The average molecular weight is 502 g/mol. The van der Waals surface area contributed by atoms with Gasteiger partial charge in [0.2, 0.25) is 5.91 Å². The third-order valence-corrected chi connectivity index (χ3v) is 5.55. The van der Waals surface area contributed by atoms with E-state index in [0.717, 1.165) is 4.90 Å². The molecule has 1 unspecified atom stereocenters. The Hall–Kier alpha value is -1.97. The number of benzene rings is 2. The summed E-state index contributed by atoms with van der Waals surface area (Å²) in [6.45, 7) is -0.705. The molecule has 1 N–H and O–H groups in total. The van der Waals surface area contributed by atoms with Crippen molar-refractivity contribution < 1.29 is 36.2 Å². The maximum absolute atomic E-state index is 13.0. The Morgan fingerprint density at radius 1 is 0.969 bits per heavy atom. The van der Waals surface area contributed by atoms with E-state index in [0.29, 0.717) is 22.7 Å². The third-order valence-electron chi connectivity index (χ3n) is 4.81. The van der Waals surface area contributed by atoms with Crippen LogP contribution in [0.3, 0.4) is 0 Å². The molecule has 3 nitrogen and oxygen atoms in total. The summed E-state index contributed by atoms with van der Waals surface area (Å²) >= 11 is 11.9. The Kier molecular flexibility index (Phi) is 8.47. The smallest absolute Gasteiger partial charge is 0.396 e. The number of alkyl halides is 6. The molecule has 0 bridgehead atoms. The lowest BCUT2D eigenvalue weighted by Crippen LogP contribution is -2.28. The fourth-order valence-corrected chi connectivity index (χ4v) is 3.45. The molecule has 2 rings (SSSR count). The summed E-state index contributed by atoms with van der Waals surface area (Å²) in [6.07, 6.45) is -9.89. The topological polar surface area (TPSA) is 40.5 Å². The van der Waals surface area contributed by atoms with Crippen molar-refractivity contribution in [2.75, 3.05) is 13.7 Å². The molecule has 2 aromatic carbocycles. The molecule has 0 spiro atoms. The van der Waals surface area contributed by atoms with Crippen LogP contribution < -0.4 is 0 Å². The fourth-order valence-electron chi connectivity index (χ4n) is 3.15. The number of aliphatic hydroxyl groups is 1. The SMILES string of the molecule is CN(Cc1cc(C(F)(F)F)cc(C(F)(F)F)c1)C(=O)CC(CCO)c1ccc(Cl)c(Cl)c1.